The summed E-state index contributed by atoms with van der Waals surface area (Å²) in [6.07, 6.45) is 3.62. The molecule has 0 fully saturated rings. The quantitative estimate of drug-likeness (QED) is 0.656. The molecule has 84 valence electrons. The van der Waals surface area contributed by atoms with E-state index in [-0.39, 0.29) is 0 Å². The van der Waals surface area contributed by atoms with Gasteiger partial charge in [0.15, 0.2) is 0 Å². The second kappa shape index (κ2) is 7.35. The van der Waals surface area contributed by atoms with Gasteiger partial charge in [-0.05, 0) is 37.8 Å². The summed E-state index contributed by atoms with van der Waals surface area (Å²) in [5.41, 5.74) is 3.34. The van der Waals surface area contributed by atoms with Gasteiger partial charge in [0.2, 0.25) is 0 Å². The third kappa shape index (κ3) is 3.59. The molecule has 0 aliphatic rings. The highest BCUT2D eigenvalue weighted by Crippen LogP contribution is 2.15. The molecule has 0 aromatic carbocycles. The zero-order valence-corrected chi connectivity index (χ0v) is 11.0. The van der Waals surface area contributed by atoms with Gasteiger partial charge in [-0.2, -0.15) is 12.6 Å². The van der Waals surface area contributed by atoms with Gasteiger partial charge in [-0.1, -0.05) is 13.8 Å². The topological polar surface area (TPSA) is 28.7 Å². The zero-order chi connectivity index (χ0) is 11.8. The van der Waals surface area contributed by atoms with Gasteiger partial charge >= 0.3 is 0 Å². The fourth-order valence-corrected chi connectivity index (χ4v) is 1.37. The first-order valence-electron chi connectivity index (χ1n) is 5.13. The van der Waals surface area contributed by atoms with E-state index in [2.05, 4.69) is 41.7 Å². The summed E-state index contributed by atoms with van der Waals surface area (Å²) in [5.74, 6) is 0. The summed E-state index contributed by atoms with van der Waals surface area (Å²) < 4.78 is 0. The molecule has 0 aliphatic heterocycles. The van der Waals surface area contributed by atoms with Crippen molar-refractivity contribution in [2.24, 2.45) is 0 Å². The number of aromatic amines is 1. The first-order valence-corrected chi connectivity index (χ1v) is 6.03. The van der Waals surface area contributed by atoms with Crippen LogP contribution in [0.25, 0.3) is 11.0 Å². The minimum atomic E-state index is 0.988. The Hall–Kier alpha value is -0.960. The molecule has 0 radical (unpaired) electrons. The molecule has 0 bridgehead atoms. The highest BCUT2D eigenvalue weighted by atomic mass is 32.1. The van der Waals surface area contributed by atoms with Crippen LogP contribution in [0.2, 0.25) is 0 Å². The molecule has 2 heterocycles. The van der Waals surface area contributed by atoms with Crippen molar-refractivity contribution in [2.45, 2.75) is 27.7 Å². The Labute approximate surface area is 97.5 Å². The van der Waals surface area contributed by atoms with Gasteiger partial charge in [0, 0.05) is 17.3 Å². The fraction of sp³-hybridized carbons (Fsp3) is 0.417. The maximum Gasteiger partial charge on any atom is 0.137 e. The normalized spacial score (nSPS) is 8.67. The summed E-state index contributed by atoms with van der Waals surface area (Å²) in [4.78, 5) is 7.43. The highest BCUT2D eigenvalue weighted by Gasteiger charge is 1.98. The number of H-pyrrole nitrogens is 1. The molecule has 2 nitrogen and oxygen atoms in total. The van der Waals surface area contributed by atoms with Crippen molar-refractivity contribution < 1.29 is 0 Å². The third-order valence-electron chi connectivity index (χ3n) is 1.86. The van der Waals surface area contributed by atoms with Crippen molar-refractivity contribution in [2.75, 3.05) is 6.26 Å². The SMILES string of the molecule is CC.CS.Cc1cc(C)c2cc[nH]c2n1. The molecule has 0 saturated carbocycles. The number of hydrogen-bond donors (Lipinski definition) is 2. The molecule has 2 rings (SSSR count). The van der Waals surface area contributed by atoms with Crippen LogP contribution in [0.4, 0.5) is 0 Å². The number of thiol groups is 1. The van der Waals surface area contributed by atoms with E-state index in [1.54, 1.807) is 6.26 Å². The second-order valence-electron chi connectivity index (χ2n) is 2.82. The third-order valence-corrected chi connectivity index (χ3v) is 1.86. The van der Waals surface area contributed by atoms with Crippen molar-refractivity contribution in [1.82, 2.24) is 9.97 Å². The molecule has 0 atom stereocenters. The summed E-state index contributed by atoms with van der Waals surface area (Å²) in [7, 11) is 0. The van der Waals surface area contributed by atoms with Crippen LogP contribution in [0.1, 0.15) is 25.1 Å². The number of rotatable bonds is 0. The predicted molar refractivity (Wildman–Crippen MR) is 71.8 cm³/mol. The molecule has 2 aromatic heterocycles. The molecule has 0 aliphatic carbocycles. The number of pyridine rings is 1. The van der Waals surface area contributed by atoms with Crippen molar-refractivity contribution in [3.63, 3.8) is 0 Å². The Bertz CT molecular complexity index is 393. The van der Waals surface area contributed by atoms with E-state index in [0.717, 1.165) is 11.3 Å². The van der Waals surface area contributed by atoms with Crippen molar-refractivity contribution in [3.8, 4) is 0 Å². The Balaban J connectivity index is 0.000000442. The summed E-state index contributed by atoms with van der Waals surface area (Å²) in [6.45, 7) is 8.11. The van der Waals surface area contributed by atoms with Gasteiger partial charge in [0.1, 0.15) is 5.65 Å². The number of aryl methyl sites for hydroxylation is 2. The lowest BCUT2D eigenvalue weighted by Crippen LogP contribution is -1.84. The van der Waals surface area contributed by atoms with E-state index in [4.69, 9.17) is 0 Å². The van der Waals surface area contributed by atoms with Crippen LogP contribution < -0.4 is 0 Å². The fourth-order valence-electron chi connectivity index (χ4n) is 1.37. The number of nitrogens with one attached hydrogen (secondary N) is 1. The number of hydrogen-bond acceptors (Lipinski definition) is 2. The molecule has 15 heavy (non-hydrogen) atoms. The second-order valence-corrected chi connectivity index (χ2v) is 2.82. The lowest BCUT2D eigenvalue weighted by molar-refractivity contribution is 1.21. The van der Waals surface area contributed by atoms with E-state index in [1.807, 2.05) is 27.0 Å². The Morgan fingerprint density at radius 2 is 1.80 bits per heavy atom. The van der Waals surface area contributed by atoms with Gasteiger partial charge in [-0.3, -0.25) is 0 Å². The van der Waals surface area contributed by atoms with Crippen molar-refractivity contribution in [3.05, 3.63) is 29.6 Å². The monoisotopic (exact) mass is 224 g/mol. The van der Waals surface area contributed by atoms with Crippen LogP contribution in [-0.4, -0.2) is 16.2 Å². The zero-order valence-electron chi connectivity index (χ0n) is 10.1. The minimum absolute atomic E-state index is 0.988. The summed E-state index contributed by atoms with van der Waals surface area (Å²) in [6, 6.07) is 4.15. The molecule has 1 N–H and O–H groups in total. The van der Waals surface area contributed by atoms with Gasteiger partial charge in [0.05, 0.1) is 0 Å². The average Bonchev–Trinajstić information content (AvgIpc) is 2.72. The van der Waals surface area contributed by atoms with E-state index in [9.17, 15) is 0 Å². The molecular formula is C12H20N2S. The smallest absolute Gasteiger partial charge is 0.137 e. The van der Waals surface area contributed by atoms with Gasteiger partial charge in [-0.25, -0.2) is 4.98 Å². The molecular weight excluding hydrogens is 204 g/mol. The van der Waals surface area contributed by atoms with Gasteiger partial charge in [-0.15, -0.1) is 0 Å². The van der Waals surface area contributed by atoms with Crippen molar-refractivity contribution in [1.29, 1.82) is 0 Å². The Kier molecular flexibility index (Phi) is 6.88. The molecule has 0 amide bonds. The van der Waals surface area contributed by atoms with Crippen LogP contribution in [0.15, 0.2) is 18.3 Å². The Morgan fingerprint density at radius 3 is 2.40 bits per heavy atom. The van der Waals surface area contributed by atoms with E-state index < -0.39 is 0 Å². The standard InChI is InChI=1S/C9H10N2.C2H6.CH4S/c1-6-5-7(2)11-9-8(6)3-4-10-9;2*1-2/h3-5H,1-2H3,(H,10,11);1-2H3;2H,1H3. The molecule has 2 aromatic rings. The summed E-state index contributed by atoms with van der Waals surface area (Å²) in [5, 5.41) is 1.22. The summed E-state index contributed by atoms with van der Waals surface area (Å²) >= 11 is 3.53. The Morgan fingerprint density at radius 1 is 1.20 bits per heavy atom. The van der Waals surface area contributed by atoms with Gasteiger partial charge in [0.25, 0.3) is 0 Å². The molecule has 0 unspecified atom stereocenters. The number of aromatic nitrogens is 2. The van der Waals surface area contributed by atoms with Crippen LogP contribution in [0.3, 0.4) is 0 Å². The predicted octanol–water partition coefficient (Wildman–Crippen LogP) is 3.75. The van der Waals surface area contributed by atoms with Gasteiger partial charge < -0.3 is 4.98 Å². The van der Waals surface area contributed by atoms with E-state index >= 15 is 0 Å². The lowest BCUT2D eigenvalue weighted by Gasteiger charge is -1.96. The van der Waals surface area contributed by atoms with Crippen LogP contribution >= 0.6 is 12.6 Å². The first kappa shape index (κ1) is 14.0. The van der Waals surface area contributed by atoms with E-state index in [0.29, 0.717) is 0 Å². The van der Waals surface area contributed by atoms with E-state index in [1.165, 1.54) is 10.9 Å². The van der Waals surface area contributed by atoms with Crippen molar-refractivity contribution >= 4 is 23.7 Å². The largest absolute Gasteiger partial charge is 0.346 e. The average molecular weight is 224 g/mol. The van der Waals surface area contributed by atoms with Crippen LogP contribution in [0, 0.1) is 13.8 Å². The maximum atomic E-state index is 4.34. The lowest BCUT2D eigenvalue weighted by atomic mass is 10.2. The molecule has 3 heteroatoms. The number of fused-ring (bicyclic) bond motifs is 1. The number of nitrogens with zero attached hydrogens (tertiary/aromatic N) is 1. The highest BCUT2D eigenvalue weighted by molar-refractivity contribution is 7.79. The molecule has 0 spiro atoms. The molecule has 0 saturated heterocycles. The first-order chi connectivity index (χ1) is 7.27. The van der Waals surface area contributed by atoms with Crippen LogP contribution in [0.5, 0.6) is 0 Å². The minimum Gasteiger partial charge on any atom is -0.346 e. The maximum absolute atomic E-state index is 4.34. The van der Waals surface area contributed by atoms with Crippen LogP contribution in [-0.2, 0) is 0 Å².